The van der Waals surface area contributed by atoms with Gasteiger partial charge in [0.05, 0.1) is 11.3 Å². The molecule has 0 saturated heterocycles. The molecule has 0 aromatic heterocycles. The van der Waals surface area contributed by atoms with Crippen LogP contribution in [0.4, 0.5) is 23.2 Å². The molecule has 1 aromatic carbocycles. The maximum absolute atomic E-state index is 13.6. The highest BCUT2D eigenvalue weighted by atomic mass is 19.4. The van der Waals surface area contributed by atoms with Crippen molar-refractivity contribution >= 4 is 5.69 Å². The molecule has 0 atom stereocenters. The second-order valence-electron chi connectivity index (χ2n) is 5.31. The molecule has 100 valence electrons. The van der Waals surface area contributed by atoms with Gasteiger partial charge in [0.15, 0.2) is 0 Å². The van der Waals surface area contributed by atoms with Crippen LogP contribution in [0.1, 0.15) is 32.3 Å². The lowest BCUT2D eigenvalue weighted by atomic mass is 9.98. The zero-order chi connectivity index (χ0) is 13.6. The lowest BCUT2D eigenvalue weighted by Gasteiger charge is -2.28. The molecule has 0 unspecified atom stereocenters. The smallest absolute Gasteiger partial charge is 0.378 e. The summed E-state index contributed by atoms with van der Waals surface area (Å²) in [5.74, 6) is -0.405. The van der Waals surface area contributed by atoms with Crippen LogP contribution in [-0.4, -0.2) is 5.54 Å². The Labute approximate surface area is 103 Å². The molecule has 2 rings (SSSR count). The van der Waals surface area contributed by atoms with Crippen molar-refractivity contribution in [2.75, 3.05) is 5.32 Å². The van der Waals surface area contributed by atoms with Gasteiger partial charge < -0.3 is 5.32 Å². The van der Waals surface area contributed by atoms with Gasteiger partial charge in [0, 0.05) is 5.54 Å². The minimum atomic E-state index is -4.51. The lowest BCUT2D eigenvalue weighted by Crippen LogP contribution is -2.33. The van der Waals surface area contributed by atoms with E-state index >= 15 is 0 Å². The zero-order valence-electron chi connectivity index (χ0n) is 10.2. The average molecular weight is 261 g/mol. The highest BCUT2D eigenvalue weighted by Gasteiger charge is 2.38. The first-order chi connectivity index (χ1) is 8.20. The van der Waals surface area contributed by atoms with Gasteiger partial charge in [-0.25, -0.2) is 4.39 Å². The van der Waals surface area contributed by atoms with Crippen LogP contribution in [0, 0.1) is 11.7 Å². The fraction of sp³-hybridized carbons (Fsp3) is 0.538. The number of nitrogens with one attached hydrogen (secondary N) is 1. The Morgan fingerprint density at radius 3 is 2.22 bits per heavy atom. The van der Waals surface area contributed by atoms with Gasteiger partial charge in [0.25, 0.3) is 0 Å². The molecule has 0 aliphatic heterocycles. The van der Waals surface area contributed by atoms with Gasteiger partial charge in [-0.1, -0.05) is 0 Å². The Morgan fingerprint density at radius 1 is 1.17 bits per heavy atom. The Bertz CT molecular complexity index is 447. The Morgan fingerprint density at radius 2 is 1.78 bits per heavy atom. The third-order valence-corrected chi connectivity index (χ3v) is 3.35. The average Bonchev–Trinajstić information content (AvgIpc) is 3.02. The monoisotopic (exact) mass is 261 g/mol. The highest BCUT2D eigenvalue weighted by Crippen LogP contribution is 2.41. The molecule has 0 spiro atoms. The zero-order valence-corrected chi connectivity index (χ0v) is 10.2. The van der Waals surface area contributed by atoms with Crippen LogP contribution in [0.15, 0.2) is 18.2 Å². The van der Waals surface area contributed by atoms with E-state index in [9.17, 15) is 17.6 Å². The first-order valence-electron chi connectivity index (χ1n) is 5.85. The van der Waals surface area contributed by atoms with E-state index in [1.807, 2.05) is 13.8 Å². The number of anilines is 1. The van der Waals surface area contributed by atoms with Crippen LogP contribution in [-0.2, 0) is 6.18 Å². The van der Waals surface area contributed by atoms with Gasteiger partial charge in [-0.15, -0.1) is 0 Å². The van der Waals surface area contributed by atoms with E-state index in [0.29, 0.717) is 12.0 Å². The maximum Gasteiger partial charge on any atom is 0.416 e. The first kappa shape index (κ1) is 13.2. The Balaban J connectivity index is 2.20. The van der Waals surface area contributed by atoms with Gasteiger partial charge >= 0.3 is 6.18 Å². The second kappa shape index (κ2) is 4.14. The van der Waals surface area contributed by atoms with Crippen molar-refractivity contribution in [2.24, 2.45) is 5.92 Å². The molecular formula is C13H15F4N. The summed E-state index contributed by atoms with van der Waals surface area (Å²) in [7, 11) is 0. The van der Waals surface area contributed by atoms with Crippen molar-refractivity contribution in [3.63, 3.8) is 0 Å². The fourth-order valence-electron chi connectivity index (χ4n) is 2.05. The van der Waals surface area contributed by atoms with Crippen molar-refractivity contribution in [1.82, 2.24) is 0 Å². The van der Waals surface area contributed by atoms with Gasteiger partial charge in [-0.3, -0.25) is 0 Å². The van der Waals surface area contributed by atoms with Crippen molar-refractivity contribution in [3.05, 3.63) is 29.6 Å². The first-order valence-corrected chi connectivity index (χ1v) is 5.85. The Hall–Kier alpha value is -1.26. The minimum Gasteiger partial charge on any atom is -0.378 e. The summed E-state index contributed by atoms with van der Waals surface area (Å²) in [5, 5.41) is 2.98. The third-order valence-electron chi connectivity index (χ3n) is 3.35. The summed E-state index contributed by atoms with van der Waals surface area (Å²) in [6, 6.07) is 2.59. The van der Waals surface area contributed by atoms with Gasteiger partial charge in [-0.2, -0.15) is 13.2 Å². The van der Waals surface area contributed by atoms with Gasteiger partial charge in [0.2, 0.25) is 0 Å². The standard InChI is InChI=1S/C13H15F4N/c1-12(2,8-3-4-8)18-11-6-5-9(7-10(11)14)13(15,16)17/h5-8,18H,3-4H2,1-2H3. The van der Waals surface area contributed by atoms with E-state index in [1.54, 1.807) is 0 Å². The molecule has 0 amide bonds. The van der Waals surface area contributed by atoms with Crippen molar-refractivity contribution in [3.8, 4) is 0 Å². The quantitative estimate of drug-likeness (QED) is 0.793. The van der Waals surface area contributed by atoms with E-state index < -0.39 is 17.6 Å². The van der Waals surface area contributed by atoms with E-state index in [-0.39, 0.29) is 11.2 Å². The fourth-order valence-corrected chi connectivity index (χ4v) is 2.05. The number of halogens is 4. The van der Waals surface area contributed by atoms with Crippen LogP contribution in [0.5, 0.6) is 0 Å². The van der Waals surface area contributed by atoms with Crippen LogP contribution in [0.25, 0.3) is 0 Å². The van der Waals surface area contributed by atoms with Crippen LogP contribution < -0.4 is 5.32 Å². The van der Waals surface area contributed by atoms with Crippen molar-refractivity contribution < 1.29 is 17.6 Å². The minimum absolute atomic E-state index is 0.125. The second-order valence-corrected chi connectivity index (χ2v) is 5.31. The Kier molecular flexibility index (Phi) is 3.03. The third kappa shape index (κ3) is 2.76. The SMILES string of the molecule is CC(C)(Nc1ccc(C(F)(F)F)cc1F)C1CC1. The van der Waals surface area contributed by atoms with Crippen LogP contribution in [0.3, 0.4) is 0 Å². The summed E-state index contributed by atoms with van der Waals surface area (Å²) >= 11 is 0. The van der Waals surface area contributed by atoms with Crippen LogP contribution in [0.2, 0.25) is 0 Å². The summed E-state index contributed by atoms with van der Waals surface area (Å²) in [6.07, 6.45) is -2.37. The van der Waals surface area contributed by atoms with Gasteiger partial charge in [0.1, 0.15) is 5.82 Å². The molecule has 18 heavy (non-hydrogen) atoms. The van der Waals surface area contributed by atoms with E-state index in [2.05, 4.69) is 5.32 Å². The molecule has 1 nitrogen and oxygen atoms in total. The topological polar surface area (TPSA) is 12.0 Å². The van der Waals surface area contributed by atoms with E-state index in [0.717, 1.165) is 25.0 Å². The molecule has 1 N–H and O–H groups in total. The van der Waals surface area contributed by atoms with Crippen LogP contribution >= 0.6 is 0 Å². The molecule has 0 heterocycles. The molecule has 1 fully saturated rings. The summed E-state index contributed by atoms with van der Waals surface area (Å²) < 4.78 is 50.8. The number of rotatable bonds is 3. The molecule has 1 aromatic rings. The van der Waals surface area contributed by atoms with E-state index in [4.69, 9.17) is 0 Å². The predicted octanol–water partition coefficient (Wildman–Crippen LogP) is 4.45. The number of benzene rings is 1. The van der Waals surface area contributed by atoms with Crippen molar-refractivity contribution in [2.45, 2.75) is 38.4 Å². The van der Waals surface area contributed by atoms with E-state index in [1.165, 1.54) is 0 Å². The molecule has 0 bridgehead atoms. The molecule has 5 heteroatoms. The maximum atomic E-state index is 13.6. The predicted molar refractivity (Wildman–Crippen MR) is 61.8 cm³/mol. The summed E-state index contributed by atoms with van der Waals surface area (Å²) in [6.45, 7) is 3.86. The molecule has 1 aliphatic rings. The van der Waals surface area contributed by atoms with Gasteiger partial charge in [-0.05, 0) is 50.8 Å². The summed E-state index contributed by atoms with van der Waals surface area (Å²) in [4.78, 5) is 0. The highest BCUT2D eigenvalue weighted by molar-refractivity contribution is 5.49. The molecule has 1 saturated carbocycles. The number of hydrogen-bond acceptors (Lipinski definition) is 1. The number of alkyl halides is 3. The normalized spacial score (nSPS) is 16.8. The lowest BCUT2D eigenvalue weighted by molar-refractivity contribution is -0.137. The molecular weight excluding hydrogens is 246 g/mol. The molecule has 1 aliphatic carbocycles. The largest absolute Gasteiger partial charge is 0.416 e. The molecule has 0 radical (unpaired) electrons. The number of hydrogen-bond donors (Lipinski definition) is 1. The summed E-state index contributed by atoms with van der Waals surface area (Å²) in [5.41, 5.74) is -1.13. The van der Waals surface area contributed by atoms with Crippen molar-refractivity contribution in [1.29, 1.82) is 0 Å².